The van der Waals surface area contributed by atoms with Gasteiger partial charge in [-0.3, -0.25) is 13.8 Å². The molecule has 0 rings (SSSR count). The lowest BCUT2D eigenvalue weighted by atomic mass is 10.0. The fourth-order valence-electron chi connectivity index (χ4n) is 5.41. The van der Waals surface area contributed by atoms with Crippen molar-refractivity contribution in [1.82, 2.24) is 5.32 Å². The van der Waals surface area contributed by atoms with Crippen molar-refractivity contribution in [2.24, 2.45) is 0 Å². The van der Waals surface area contributed by atoms with Crippen LogP contribution in [0.15, 0.2) is 36.5 Å². The Morgan fingerprint density at radius 1 is 0.673 bits per heavy atom. The van der Waals surface area contributed by atoms with E-state index in [1.165, 1.54) is 109 Å². The van der Waals surface area contributed by atoms with Gasteiger partial charge in [-0.15, -0.1) is 0 Å². The predicted molar refractivity (Wildman–Crippen MR) is 208 cm³/mol. The van der Waals surface area contributed by atoms with Gasteiger partial charge in [0.1, 0.15) is 13.2 Å². The summed E-state index contributed by atoms with van der Waals surface area (Å²) in [4.78, 5) is 22.2. The van der Waals surface area contributed by atoms with Gasteiger partial charge in [0.15, 0.2) is 0 Å². The first-order chi connectivity index (χ1) is 23.5. The number of carbonyl (C=O) groups excluding carboxylic acids is 1. The summed E-state index contributed by atoms with van der Waals surface area (Å²) in [5.74, 6) is -0.246. The van der Waals surface area contributed by atoms with Crippen LogP contribution in [0.1, 0.15) is 162 Å². The lowest BCUT2D eigenvalue weighted by Gasteiger charge is -2.25. The summed E-state index contributed by atoms with van der Waals surface area (Å²) in [7, 11) is 1.54. The van der Waals surface area contributed by atoms with E-state index >= 15 is 0 Å². The van der Waals surface area contributed by atoms with Crippen LogP contribution in [0.25, 0.3) is 0 Å². The van der Waals surface area contributed by atoms with Crippen LogP contribution in [0.4, 0.5) is 0 Å². The molecule has 0 spiro atoms. The first kappa shape index (κ1) is 47.7. The highest BCUT2D eigenvalue weighted by Crippen LogP contribution is 2.43. The van der Waals surface area contributed by atoms with Crippen molar-refractivity contribution in [2.75, 3.05) is 40.9 Å². The van der Waals surface area contributed by atoms with Crippen LogP contribution in [0.2, 0.25) is 0 Å². The second kappa shape index (κ2) is 32.6. The van der Waals surface area contributed by atoms with Gasteiger partial charge < -0.3 is 19.8 Å². The molecule has 0 aromatic carbocycles. The second-order valence-corrected chi connectivity index (χ2v) is 16.1. The number of nitrogens with zero attached hydrogens (tertiary/aromatic N) is 1. The summed E-state index contributed by atoms with van der Waals surface area (Å²) >= 11 is 0. The molecule has 0 heterocycles. The van der Waals surface area contributed by atoms with Gasteiger partial charge in [-0.2, -0.15) is 0 Å². The molecule has 0 aliphatic rings. The first-order valence-electron chi connectivity index (χ1n) is 19.9. The van der Waals surface area contributed by atoms with Crippen LogP contribution in [0, 0.1) is 0 Å². The number of phosphoric ester groups is 1. The summed E-state index contributed by atoms with van der Waals surface area (Å²) in [6.07, 6.45) is 39.6. The molecule has 0 saturated heterocycles. The maximum absolute atomic E-state index is 12.3. The van der Waals surface area contributed by atoms with Gasteiger partial charge in [-0.05, 0) is 44.9 Å². The van der Waals surface area contributed by atoms with E-state index < -0.39 is 20.0 Å². The van der Waals surface area contributed by atoms with Crippen LogP contribution >= 0.6 is 7.82 Å². The molecule has 49 heavy (non-hydrogen) atoms. The third kappa shape index (κ3) is 34.9. The van der Waals surface area contributed by atoms with Crippen molar-refractivity contribution < 1.29 is 32.9 Å². The Labute approximate surface area is 302 Å². The number of carbonyl (C=O) groups is 1. The largest absolute Gasteiger partial charge is 0.472 e. The zero-order valence-corrected chi connectivity index (χ0v) is 33.3. The summed E-state index contributed by atoms with van der Waals surface area (Å²) < 4.78 is 23.1. The number of likely N-dealkylation sites (N-methyl/N-ethyl adjacent to an activating group) is 1. The summed E-state index contributed by atoms with van der Waals surface area (Å²) in [5.41, 5.74) is 0. The van der Waals surface area contributed by atoms with E-state index in [-0.39, 0.29) is 19.1 Å². The molecule has 8 nitrogen and oxygen atoms in total. The number of unbranched alkanes of at least 4 members (excludes halogenated alkanes) is 18. The first-order valence-corrected chi connectivity index (χ1v) is 21.4. The number of hydrogen-bond acceptors (Lipinski definition) is 5. The topological polar surface area (TPSA) is 105 Å². The minimum absolute atomic E-state index is 0.0516. The lowest BCUT2D eigenvalue weighted by Crippen LogP contribution is -2.45. The number of quaternary nitrogens is 1. The molecule has 0 saturated carbocycles. The molecule has 3 unspecified atom stereocenters. The highest BCUT2D eigenvalue weighted by Gasteiger charge is 2.27. The number of rotatable bonds is 35. The molecule has 9 heteroatoms. The Kier molecular flexibility index (Phi) is 31.8. The fourth-order valence-corrected chi connectivity index (χ4v) is 6.15. The van der Waals surface area contributed by atoms with E-state index in [0.29, 0.717) is 23.9 Å². The van der Waals surface area contributed by atoms with E-state index in [4.69, 9.17) is 9.05 Å². The Morgan fingerprint density at radius 2 is 1.12 bits per heavy atom. The molecule has 0 aromatic heterocycles. The number of hydrogen-bond donors (Lipinski definition) is 3. The molecular weight excluding hydrogens is 635 g/mol. The molecule has 0 aliphatic carbocycles. The number of nitrogens with one attached hydrogen (secondary N) is 1. The maximum Gasteiger partial charge on any atom is 0.472 e. The minimum atomic E-state index is -4.31. The van der Waals surface area contributed by atoms with E-state index in [2.05, 4.69) is 36.5 Å². The van der Waals surface area contributed by atoms with Crippen LogP contribution in [0.5, 0.6) is 0 Å². The smallest absolute Gasteiger partial charge is 0.387 e. The molecule has 3 atom stereocenters. The zero-order valence-electron chi connectivity index (χ0n) is 32.4. The molecule has 0 bridgehead atoms. The third-order valence-corrected chi connectivity index (χ3v) is 9.54. The van der Waals surface area contributed by atoms with E-state index in [1.807, 2.05) is 34.1 Å². The normalized spacial score (nSPS) is 15.0. The van der Waals surface area contributed by atoms with Crippen LogP contribution in [-0.2, 0) is 18.4 Å². The maximum atomic E-state index is 12.3. The molecule has 0 fully saturated rings. The number of aliphatic hydroxyl groups excluding tert-OH is 1. The summed E-state index contributed by atoms with van der Waals surface area (Å²) in [6.45, 7) is 4.41. The predicted octanol–water partition coefficient (Wildman–Crippen LogP) is 10.4. The van der Waals surface area contributed by atoms with Gasteiger partial charge in [0.2, 0.25) is 5.91 Å². The van der Waals surface area contributed by atoms with E-state index in [0.717, 1.165) is 25.7 Å². The van der Waals surface area contributed by atoms with Crippen LogP contribution in [-0.4, -0.2) is 73.4 Å². The fraction of sp³-hybridized carbons (Fsp3) is 0.825. The van der Waals surface area contributed by atoms with Gasteiger partial charge in [-0.25, -0.2) is 4.57 Å². The second-order valence-electron chi connectivity index (χ2n) is 14.6. The molecule has 1 amide bonds. The van der Waals surface area contributed by atoms with Crippen molar-refractivity contribution in [1.29, 1.82) is 0 Å². The number of amides is 1. The van der Waals surface area contributed by atoms with Crippen LogP contribution < -0.4 is 5.32 Å². The molecule has 3 N–H and O–H groups in total. The summed E-state index contributed by atoms with van der Waals surface area (Å²) in [5, 5.41) is 13.4. The van der Waals surface area contributed by atoms with Gasteiger partial charge >= 0.3 is 7.82 Å². The molecular formula is C40H78N2O6P+. The van der Waals surface area contributed by atoms with Crippen molar-refractivity contribution in [3.05, 3.63) is 36.5 Å². The quantitative estimate of drug-likeness (QED) is 0.0261. The third-order valence-electron chi connectivity index (χ3n) is 8.56. The Hall–Kier alpha value is -1.28. The highest BCUT2D eigenvalue weighted by atomic mass is 31.2. The zero-order chi connectivity index (χ0) is 36.5. The summed E-state index contributed by atoms with van der Waals surface area (Å²) in [6, 6.07) is -0.862. The lowest BCUT2D eigenvalue weighted by molar-refractivity contribution is -0.870. The van der Waals surface area contributed by atoms with Gasteiger partial charge in [0, 0.05) is 6.42 Å². The number of aliphatic hydroxyl groups is 1. The van der Waals surface area contributed by atoms with E-state index in [9.17, 15) is 19.4 Å². The van der Waals surface area contributed by atoms with Crippen molar-refractivity contribution >= 4 is 13.7 Å². The monoisotopic (exact) mass is 714 g/mol. The molecule has 0 radical (unpaired) electrons. The standard InChI is InChI=1S/C40H77N2O6P/c1-6-8-9-10-11-12-13-14-15-16-17-18-19-20-21-22-23-24-25-26-27-28-29-30-31-32-34-39(43)38(41-40(44)33-7-2)37-48-49(45,46)47-36-35-42(3,4)5/h24-25,28-29,32,34,38-39,43H,6-23,26-27,30-31,33,35-37H2,1-5H3,(H-,41,44,45,46)/p+1/b25-24+,29-28+,34-32+. The van der Waals surface area contributed by atoms with Gasteiger partial charge in [0.25, 0.3) is 0 Å². The minimum Gasteiger partial charge on any atom is -0.387 e. The number of phosphoric acid groups is 1. The molecule has 0 aliphatic heterocycles. The Balaban J connectivity index is 3.98. The van der Waals surface area contributed by atoms with Crippen molar-refractivity contribution in [3.63, 3.8) is 0 Å². The van der Waals surface area contributed by atoms with Crippen molar-refractivity contribution in [2.45, 2.75) is 174 Å². The Morgan fingerprint density at radius 3 is 1.59 bits per heavy atom. The molecule has 288 valence electrons. The SMILES string of the molecule is CCCCCCCCCCCCCCCCCC/C=C/CC/C=C/CC/C=C/C(O)C(COP(=O)(O)OCC[N+](C)(C)C)NC(=O)CCC. The molecule has 0 aromatic rings. The van der Waals surface area contributed by atoms with Crippen LogP contribution in [0.3, 0.4) is 0 Å². The van der Waals surface area contributed by atoms with Crippen molar-refractivity contribution in [3.8, 4) is 0 Å². The highest BCUT2D eigenvalue weighted by molar-refractivity contribution is 7.47. The average molecular weight is 714 g/mol. The Bertz CT molecular complexity index is 902. The number of allylic oxidation sites excluding steroid dienone is 5. The average Bonchev–Trinajstić information content (AvgIpc) is 3.04. The van der Waals surface area contributed by atoms with Gasteiger partial charge in [0.05, 0.1) is 39.9 Å². The van der Waals surface area contributed by atoms with Gasteiger partial charge in [-0.1, -0.05) is 147 Å². The van der Waals surface area contributed by atoms with E-state index in [1.54, 1.807) is 6.08 Å².